The molecule has 3 rings (SSSR count). The second-order valence-electron chi connectivity index (χ2n) is 5.33. The zero-order valence-corrected chi connectivity index (χ0v) is 13.2. The molecule has 1 unspecified atom stereocenters. The van der Waals surface area contributed by atoms with Crippen LogP contribution < -0.4 is 4.90 Å². The third kappa shape index (κ3) is 3.18. The summed E-state index contributed by atoms with van der Waals surface area (Å²) < 4.78 is 19.8. The summed E-state index contributed by atoms with van der Waals surface area (Å²) in [6.07, 6.45) is 2.32. The zero-order chi connectivity index (χ0) is 14.8. The summed E-state index contributed by atoms with van der Waals surface area (Å²) >= 11 is 3.20. The summed E-state index contributed by atoms with van der Waals surface area (Å²) in [6.45, 7) is 3.70. The molecule has 2 saturated heterocycles. The average molecular weight is 358 g/mol. The fourth-order valence-electron chi connectivity index (χ4n) is 2.84. The monoisotopic (exact) mass is 357 g/mol. The highest BCUT2D eigenvalue weighted by molar-refractivity contribution is 9.10. The molecule has 7 heteroatoms. The number of ether oxygens (including phenoxy) is 1. The molecule has 0 radical (unpaired) electrons. The number of amides is 1. The number of hydrogen-bond acceptors (Lipinski definition) is 4. The van der Waals surface area contributed by atoms with E-state index in [0.717, 1.165) is 6.42 Å². The minimum absolute atomic E-state index is 0.0760. The lowest BCUT2D eigenvalue weighted by atomic mass is 10.1. The van der Waals surface area contributed by atoms with E-state index in [4.69, 9.17) is 4.74 Å². The van der Waals surface area contributed by atoms with Crippen molar-refractivity contribution in [2.24, 2.45) is 5.92 Å². The van der Waals surface area contributed by atoms with Crippen LogP contribution in [0.2, 0.25) is 0 Å². The van der Waals surface area contributed by atoms with Crippen LogP contribution in [0.15, 0.2) is 16.7 Å². The molecule has 1 aromatic rings. The molecule has 3 heterocycles. The first-order chi connectivity index (χ1) is 10.1. The fraction of sp³-hybridized carbons (Fsp3) is 0.571. The predicted molar refractivity (Wildman–Crippen MR) is 79.6 cm³/mol. The van der Waals surface area contributed by atoms with Gasteiger partial charge in [0.15, 0.2) is 11.6 Å². The molecule has 1 amide bonds. The van der Waals surface area contributed by atoms with Crippen molar-refractivity contribution in [2.75, 3.05) is 44.3 Å². The van der Waals surface area contributed by atoms with Crippen LogP contribution in [0.5, 0.6) is 0 Å². The molecule has 0 aromatic carbocycles. The first kappa shape index (κ1) is 14.7. The van der Waals surface area contributed by atoms with Gasteiger partial charge in [-0.3, -0.25) is 4.79 Å². The Kier molecular flexibility index (Phi) is 4.40. The first-order valence-corrected chi connectivity index (χ1v) is 7.87. The normalized spacial score (nSPS) is 22.7. The number of halogens is 2. The highest BCUT2D eigenvalue weighted by atomic mass is 79.9. The van der Waals surface area contributed by atoms with E-state index >= 15 is 0 Å². The van der Waals surface area contributed by atoms with Crippen LogP contribution in [0.3, 0.4) is 0 Å². The lowest BCUT2D eigenvalue weighted by Crippen LogP contribution is -2.44. The maximum absolute atomic E-state index is 13.9. The van der Waals surface area contributed by atoms with Crippen molar-refractivity contribution in [1.82, 2.24) is 9.88 Å². The summed E-state index contributed by atoms with van der Waals surface area (Å²) in [7, 11) is 0. The topological polar surface area (TPSA) is 45.7 Å². The summed E-state index contributed by atoms with van der Waals surface area (Å²) in [6, 6.07) is 1.40. The molecule has 1 atom stereocenters. The smallest absolute Gasteiger partial charge is 0.227 e. The maximum atomic E-state index is 13.9. The Labute approximate surface area is 131 Å². The van der Waals surface area contributed by atoms with Gasteiger partial charge in [-0.25, -0.2) is 9.37 Å². The number of rotatable bonds is 2. The third-order valence-corrected chi connectivity index (χ3v) is 4.38. The molecule has 0 bridgehead atoms. The Morgan fingerprint density at radius 1 is 1.38 bits per heavy atom. The quantitative estimate of drug-likeness (QED) is 0.807. The maximum Gasteiger partial charge on any atom is 0.227 e. The standard InChI is InChI=1S/C14H17BrFN3O2/c15-11-7-12(16)13(17-8-11)19-2-1-10(9-19)14(20)18-3-5-21-6-4-18/h7-8,10H,1-6,9H2. The van der Waals surface area contributed by atoms with E-state index in [2.05, 4.69) is 20.9 Å². The second kappa shape index (κ2) is 6.27. The van der Waals surface area contributed by atoms with Gasteiger partial charge in [-0.05, 0) is 28.4 Å². The first-order valence-electron chi connectivity index (χ1n) is 7.07. The van der Waals surface area contributed by atoms with Gasteiger partial charge in [0.05, 0.1) is 19.1 Å². The minimum atomic E-state index is -0.358. The highest BCUT2D eigenvalue weighted by Crippen LogP contribution is 2.27. The van der Waals surface area contributed by atoms with Gasteiger partial charge in [0, 0.05) is 36.8 Å². The molecule has 0 N–H and O–H groups in total. The molecule has 0 saturated carbocycles. The highest BCUT2D eigenvalue weighted by Gasteiger charge is 2.33. The minimum Gasteiger partial charge on any atom is -0.378 e. The van der Waals surface area contributed by atoms with Crippen LogP contribution in [-0.2, 0) is 9.53 Å². The molecule has 2 aliphatic rings. The van der Waals surface area contributed by atoms with Gasteiger partial charge in [0.1, 0.15) is 0 Å². The lowest BCUT2D eigenvalue weighted by molar-refractivity contribution is -0.138. The van der Waals surface area contributed by atoms with E-state index in [1.54, 1.807) is 6.20 Å². The van der Waals surface area contributed by atoms with E-state index < -0.39 is 0 Å². The van der Waals surface area contributed by atoms with Gasteiger partial charge in [0.25, 0.3) is 0 Å². The zero-order valence-electron chi connectivity index (χ0n) is 11.6. The van der Waals surface area contributed by atoms with Gasteiger partial charge >= 0.3 is 0 Å². The van der Waals surface area contributed by atoms with Crippen molar-refractivity contribution in [3.05, 3.63) is 22.6 Å². The molecule has 0 aliphatic carbocycles. The number of carbonyl (C=O) groups is 1. The number of anilines is 1. The van der Waals surface area contributed by atoms with Crippen LogP contribution in [0, 0.1) is 11.7 Å². The number of carbonyl (C=O) groups excluding carboxylic acids is 1. The largest absolute Gasteiger partial charge is 0.378 e. The van der Waals surface area contributed by atoms with Gasteiger partial charge in [-0.2, -0.15) is 0 Å². The predicted octanol–water partition coefficient (Wildman–Crippen LogP) is 1.67. The molecule has 5 nitrogen and oxygen atoms in total. The second-order valence-corrected chi connectivity index (χ2v) is 6.24. The van der Waals surface area contributed by atoms with E-state index in [9.17, 15) is 9.18 Å². The van der Waals surface area contributed by atoms with Gasteiger partial charge in [0.2, 0.25) is 5.91 Å². The van der Waals surface area contributed by atoms with Crippen LogP contribution in [0.4, 0.5) is 10.2 Å². The number of pyridine rings is 1. The number of hydrogen-bond donors (Lipinski definition) is 0. The molecule has 1 aromatic heterocycles. The van der Waals surface area contributed by atoms with Crippen molar-refractivity contribution < 1.29 is 13.9 Å². The van der Waals surface area contributed by atoms with Gasteiger partial charge in [-0.15, -0.1) is 0 Å². The molecular weight excluding hydrogens is 341 g/mol. The molecular formula is C14H17BrFN3O2. The molecule has 21 heavy (non-hydrogen) atoms. The van der Waals surface area contributed by atoms with Crippen molar-refractivity contribution in [1.29, 1.82) is 0 Å². The Bertz CT molecular complexity index is 537. The Morgan fingerprint density at radius 2 is 2.14 bits per heavy atom. The average Bonchev–Trinajstić information content (AvgIpc) is 2.97. The van der Waals surface area contributed by atoms with Crippen LogP contribution in [-0.4, -0.2) is 55.2 Å². The summed E-state index contributed by atoms with van der Waals surface area (Å²) in [4.78, 5) is 20.3. The number of aromatic nitrogens is 1. The molecule has 2 fully saturated rings. The van der Waals surface area contributed by atoms with Crippen LogP contribution >= 0.6 is 15.9 Å². The van der Waals surface area contributed by atoms with Crippen LogP contribution in [0.25, 0.3) is 0 Å². The van der Waals surface area contributed by atoms with E-state index in [0.29, 0.717) is 49.7 Å². The van der Waals surface area contributed by atoms with Gasteiger partial charge < -0.3 is 14.5 Å². The van der Waals surface area contributed by atoms with Crippen molar-refractivity contribution in [3.63, 3.8) is 0 Å². The van der Waals surface area contributed by atoms with Crippen molar-refractivity contribution >= 4 is 27.7 Å². The van der Waals surface area contributed by atoms with E-state index in [1.165, 1.54) is 6.07 Å². The van der Waals surface area contributed by atoms with E-state index in [-0.39, 0.29) is 17.6 Å². The van der Waals surface area contributed by atoms with Crippen molar-refractivity contribution in [2.45, 2.75) is 6.42 Å². The van der Waals surface area contributed by atoms with Crippen LogP contribution in [0.1, 0.15) is 6.42 Å². The van der Waals surface area contributed by atoms with E-state index in [1.807, 2.05) is 9.80 Å². The fourth-order valence-corrected chi connectivity index (χ4v) is 3.14. The molecule has 2 aliphatic heterocycles. The molecule has 0 spiro atoms. The Balaban J connectivity index is 1.66. The van der Waals surface area contributed by atoms with Gasteiger partial charge in [-0.1, -0.05) is 0 Å². The third-order valence-electron chi connectivity index (χ3n) is 3.95. The summed E-state index contributed by atoms with van der Waals surface area (Å²) in [5, 5.41) is 0. The van der Waals surface area contributed by atoms with Crippen molar-refractivity contribution in [3.8, 4) is 0 Å². The Morgan fingerprint density at radius 3 is 2.86 bits per heavy atom. The SMILES string of the molecule is O=C(C1CCN(c2ncc(Br)cc2F)C1)N1CCOCC1. The summed E-state index contributed by atoms with van der Waals surface area (Å²) in [5.74, 6) is 0.0468. The summed E-state index contributed by atoms with van der Waals surface area (Å²) in [5.41, 5.74) is 0. The Hall–Kier alpha value is -1.21. The number of nitrogens with zero attached hydrogens (tertiary/aromatic N) is 3. The molecule has 114 valence electrons. The lowest BCUT2D eigenvalue weighted by Gasteiger charge is -2.29. The number of morpholine rings is 1.